The SMILES string of the molecule is CCNC(=NCc1cccc(Cn2ccnc2C)c1)N1CCN(c2ccccc2OC)CC1. The minimum atomic E-state index is 0.659. The number of anilines is 1. The zero-order chi connectivity index (χ0) is 23.0. The highest BCUT2D eigenvalue weighted by Crippen LogP contribution is 2.28. The maximum absolute atomic E-state index is 5.55. The van der Waals surface area contributed by atoms with E-state index in [9.17, 15) is 0 Å². The maximum atomic E-state index is 5.55. The van der Waals surface area contributed by atoms with Crippen molar-refractivity contribution in [2.24, 2.45) is 4.99 Å². The minimum Gasteiger partial charge on any atom is -0.495 e. The van der Waals surface area contributed by atoms with Gasteiger partial charge < -0.3 is 24.4 Å². The standard InChI is InChI=1S/C26H34N6O/c1-4-27-26(31-16-14-30(15-17-31)24-10-5-6-11-25(24)33-3)29-19-22-8-7-9-23(18-22)20-32-13-12-28-21(32)2/h5-13,18H,4,14-17,19-20H2,1-3H3,(H,27,29). The summed E-state index contributed by atoms with van der Waals surface area (Å²) < 4.78 is 7.71. The molecule has 0 unspecified atom stereocenters. The third kappa shape index (κ3) is 5.66. The average Bonchev–Trinajstić information content (AvgIpc) is 3.26. The van der Waals surface area contributed by atoms with E-state index in [0.717, 1.165) is 62.5 Å². The molecule has 1 fully saturated rings. The van der Waals surface area contributed by atoms with Crippen molar-refractivity contribution in [1.82, 2.24) is 19.8 Å². The Balaban J connectivity index is 1.40. The summed E-state index contributed by atoms with van der Waals surface area (Å²) in [5.74, 6) is 2.94. The van der Waals surface area contributed by atoms with E-state index < -0.39 is 0 Å². The Morgan fingerprint density at radius 3 is 2.58 bits per heavy atom. The Hall–Kier alpha value is -3.48. The molecule has 174 valence electrons. The summed E-state index contributed by atoms with van der Waals surface area (Å²) in [6.45, 7) is 10.2. The number of rotatable bonds is 7. The number of ether oxygens (including phenoxy) is 1. The predicted molar refractivity (Wildman–Crippen MR) is 134 cm³/mol. The number of aliphatic imine (C=N–C) groups is 1. The molecule has 1 N–H and O–H groups in total. The number of aromatic nitrogens is 2. The summed E-state index contributed by atoms with van der Waals surface area (Å²) in [5.41, 5.74) is 3.64. The van der Waals surface area contributed by atoms with Crippen molar-refractivity contribution < 1.29 is 4.74 Å². The summed E-state index contributed by atoms with van der Waals surface area (Å²) in [6.07, 6.45) is 3.87. The first-order valence-electron chi connectivity index (χ1n) is 11.6. The number of methoxy groups -OCH3 is 1. The molecule has 0 bridgehead atoms. The fraction of sp³-hybridized carbons (Fsp3) is 0.385. The Morgan fingerprint density at radius 2 is 1.85 bits per heavy atom. The maximum Gasteiger partial charge on any atom is 0.194 e. The normalized spacial score (nSPS) is 14.5. The number of nitrogens with one attached hydrogen (secondary N) is 1. The van der Waals surface area contributed by atoms with Gasteiger partial charge in [-0.1, -0.05) is 36.4 Å². The summed E-state index contributed by atoms with van der Waals surface area (Å²) in [5, 5.41) is 3.48. The third-order valence-corrected chi connectivity index (χ3v) is 6.02. The van der Waals surface area contributed by atoms with Gasteiger partial charge in [-0.05, 0) is 37.1 Å². The van der Waals surface area contributed by atoms with Gasteiger partial charge in [-0.15, -0.1) is 0 Å². The van der Waals surface area contributed by atoms with E-state index in [0.29, 0.717) is 6.54 Å². The Labute approximate surface area is 196 Å². The van der Waals surface area contributed by atoms with Gasteiger partial charge >= 0.3 is 0 Å². The predicted octanol–water partition coefficient (Wildman–Crippen LogP) is 3.54. The molecular weight excluding hydrogens is 412 g/mol. The van der Waals surface area contributed by atoms with Gasteiger partial charge in [0.25, 0.3) is 0 Å². The van der Waals surface area contributed by atoms with Crippen LogP contribution in [0.15, 0.2) is 65.9 Å². The molecule has 0 atom stereocenters. The summed E-state index contributed by atoms with van der Waals surface area (Å²) in [4.78, 5) is 14.0. The van der Waals surface area contributed by atoms with Gasteiger partial charge in [-0.2, -0.15) is 0 Å². The van der Waals surface area contributed by atoms with Crippen LogP contribution in [0, 0.1) is 6.92 Å². The van der Waals surface area contributed by atoms with E-state index in [1.807, 2.05) is 31.5 Å². The molecule has 7 heteroatoms. The lowest BCUT2D eigenvalue weighted by atomic mass is 10.1. The molecule has 1 aromatic heterocycles. The second-order valence-corrected chi connectivity index (χ2v) is 8.24. The van der Waals surface area contributed by atoms with Crippen molar-refractivity contribution in [3.63, 3.8) is 0 Å². The van der Waals surface area contributed by atoms with Crippen LogP contribution in [0.2, 0.25) is 0 Å². The van der Waals surface area contributed by atoms with Crippen molar-refractivity contribution in [2.75, 3.05) is 44.7 Å². The van der Waals surface area contributed by atoms with E-state index in [-0.39, 0.29) is 0 Å². The average molecular weight is 447 g/mol. The molecule has 33 heavy (non-hydrogen) atoms. The molecule has 7 nitrogen and oxygen atoms in total. The lowest BCUT2D eigenvalue weighted by molar-refractivity contribution is 0.367. The highest BCUT2D eigenvalue weighted by Gasteiger charge is 2.21. The van der Waals surface area contributed by atoms with Crippen LogP contribution in [0.1, 0.15) is 23.9 Å². The first-order chi connectivity index (χ1) is 16.2. The molecule has 0 spiro atoms. The number of guanidine groups is 1. The Bertz CT molecular complexity index is 1070. The fourth-order valence-electron chi connectivity index (χ4n) is 4.24. The monoisotopic (exact) mass is 446 g/mol. The van der Waals surface area contributed by atoms with Crippen LogP contribution in [-0.2, 0) is 13.1 Å². The highest BCUT2D eigenvalue weighted by atomic mass is 16.5. The van der Waals surface area contributed by atoms with Crippen LogP contribution in [-0.4, -0.2) is 60.2 Å². The van der Waals surface area contributed by atoms with Crippen LogP contribution in [0.25, 0.3) is 0 Å². The largest absolute Gasteiger partial charge is 0.495 e. The van der Waals surface area contributed by atoms with Crippen LogP contribution in [0.3, 0.4) is 0 Å². The Kier molecular flexibility index (Phi) is 7.50. The zero-order valence-corrected chi connectivity index (χ0v) is 19.9. The molecule has 2 aromatic carbocycles. The van der Waals surface area contributed by atoms with Crippen molar-refractivity contribution in [3.05, 3.63) is 77.9 Å². The number of para-hydroxylation sites is 2. The summed E-state index contributed by atoms with van der Waals surface area (Å²) in [6, 6.07) is 16.9. The van der Waals surface area contributed by atoms with E-state index in [1.165, 1.54) is 11.1 Å². The number of benzene rings is 2. The van der Waals surface area contributed by atoms with Gasteiger partial charge in [0.15, 0.2) is 5.96 Å². The first kappa shape index (κ1) is 22.7. The van der Waals surface area contributed by atoms with Gasteiger partial charge in [0.1, 0.15) is 11.6 Å². The van der Waals surface area contributed by atoms with Gasteiger partial charge in [-0.25, -0.2) is 9.98 Å². The number of hydrogen-bond acceptors (Lipinski definition) is 4. The molecule has 0 saturated carbocycles. The van der Waals surface area contributed by atoms with E-state index in [2.05, 4.69) is 68.0 Å². The minimum absolute atomic E-state index is 0.659. The molecule has 0 radical (unpaired) electrons. The lowest BCUT2D eigenvalue weighted by Gasteiger charge is -2.38. The number of nitrogens with zero attached hydrogens (tertiary/aromatic N) is 5. The quantitative estimate of drug-likeness (QED) is 0.444. The third-order valence-electron chi connectivity index (χ3n) is 6.02. The van der Waals surface area contributed by atoms with Crippen molar-refractivity contribution in [1.29, 1.82) is 0 Å². The molecule has 3 aromatic rings. The van der Waals surface area contributed by atoms with Crippen molar-refractivity contribution >= 4 is 11.6 Å². The van der Waals surface area contributed by atoms with Crippen LogP contribution < -0.4 is 15.0 Å². The highest BCUT2D eigenvalue weighted by molar-refractivity contribution is 5.80. The molecule has 0 amide bonds. The van der Waals surface area contributed by atoms with Gasteiger partial charge in [-0.3, -0.25) is 0 Å². The fourth-order valence-corrected chi connectivity index (χ4v) is 4.24. The molecule has 1 aliphatic rings. The van der Waals surface area contributed by atoms with E-state index in [4.69, 9.17) is 9.73 Å². The number of imidazole rings is 1. The number of piperazine rings is 1. The van der Waals surface area contributed by atoms with E-state index >= 15 is 0 Å². The summed E-state index contributed by atoms with van der Waals surface area (Å²) >= 11 is 0. The molecule has 2 heterocycles. The van der Waals surface area contributed by atoms with Gasteiger partial charge in [0.05, 0.1) is 19.3 Å². The second-order valence-electron chi connectivity index (χ2n) is 8.24. The van der Waals surface area contributed by atoms with Crippen molar-refractivity contribution in [3.8, 4) is 5.75 Å². The van der Waals surface area contributed by atoms with E-state index in [1.54, 1.807) is 7.11 Å². The Morgan fingerprint density at radius 1 is 1.06 bits per heavy atom. The topological polar surface area (TPSA) is 57.9 Å². The zero-order valence-electron chi connectivity index (χ0n) is 19.9. The van der Waals surface area contributed by atoms with Gasteiger partial charge in [0, 0.05) is 51.7 Å². The van der Waals surface area contributed by atoms with Crippen LogP contribution >= 0.6 is 0 Å². The molecule has 0 aliphatic carbocycles. The molecule has 4 rings (SSSR count). The second kappa shape index (κ2) is 10.9. The number of hydrogen-bond donors (Lipinski definition) is 1. The van der Waals surface area contributed by atoms with Gasteiger partial charge in [0.2, 0.25) is 0 Å². The number of aryl methyl sites for hydroxylation is 1. The molecular formula is C26H34N6O. The smallest absolute Gasteiger partial charge is 0.194 e. The first-order valence-corrected chi connectivity index (χ1v) is 11.6. The lowest BCUT2D eigenvalue weighted by Crippen LogP contribution is -2.52. The van der Waals surface area contributed by atoms with Crippen molar-refractivity contribution in [2.45, 2.75) is 26.9 Å². The van der Waals surface area contributed by atoms with Crippen LogP contribution in [0.5, 0.6) is 5.75 Å². The molecule has 1 aliphatic heterocycles. The molecule has 1 saturated heterocycles. The van der Waals surface area contributed by atoms with Crippen LogP contribution in [0.4, 0.5) is 5.69 Å². The summed E-state index contributed by atoms with van der Waals surface area (Å²) in [7, 11) is 1.73.